The predicted octanol–water partition coefficient (Wildman–Crippen LogP) is 5.64. The number of para-hydroxylation sites is 1. The highest BCUT2D eigenvalue weighted by Crippen LogP contribution is 2.30. The molecule has 1 aliphatic rings. The molecule has 0 aliphatic heterocycles. The molecule has 3 heterocycles. The Morgan fingerprint density at radius 1 is 1.00 bits per heavy atom. The monoisotopic (exact) mass is 477 g/mol. The van der Waals surface area contributed by atoms with E-state index < -0.39 is 0 Å². The van der Waals surface area contributed by atoms with Gasteiger partial charge in [-0.05, 0) is 43.2 Å². The number of nitrogens with one attached hydrogen (secondary N) is 2. The second-order valence-corrected chi connectivity index (χ2v) is 10.4. The van der Waals surface area contributed by atoms with Crippen molar-refractivity contribution in [3.63, 3.8) is 0 Å². The fourth-order valence-corrected chi connectivity index (χ4v) is 5.96. The molecule has 8 heteroatoms. The Balaban J connectivity index is 1.18. The van der Waals surface area contributed by atoms with E-state index in [0.717, 1.165) is 58.0 Å². The number of carbonyl (C=O) groups is 1. The van der Waals surface area contributed by atoms with E-state index in [4.69, 9.17) is 4.98 Å². The minimum Gasteiger partial charge on any atom is -0.377 e. The third kappa shape index (κ3) is 4.86. The predicted molar refractivity (Wildman–Crippen MR) is 139 cm³/mol. The summed E-state index contributed by atoms with van der Waals surface area (Å²) in [6.45, 7) is 0. The Hall–Kier alpha value is -2.97. The normalized spacial score (nSPS) is 18.2. The molecule has 4 aromatic rings. The second-order valence-electron chi connectivity index (χ2n) is 8.62. The Morgan fingerprint density at radius 3 is 2.55 bits per heavy atom. The van der Waals surface area contributed by atoms with Crippen molar-refractivity contribution < 1.29 is 4.79 Å². The lowest BCUT2D eigenvalue weighted by molar-refractivity contribution is 0.0922. The van der Waals surface area contributed by atoms with Crippen LogP contribution in [0.15, 0.2) is 53.2 Å². The second kappa shape index (κ2) is 9.49. The Kier molecular flexibility index (Phi) is 6.28. The Labute approximate surface area is 201 Å². The number of anilines is 2. The van der Waals surface area contributed by atoms with E-state index in [2.05, 4.69) is 52.8 Å². The van der Waals surface area contributed by atoms with Crippen LogP contribution in [0.1, 0.15) is 36.2 Å². The minimum atomic E-state index is -0.0720. The number of amides is 1. The lowest BCUT2D eigenvalue weighted by Crippen LogP contribution is -2.40. The molecule has 1 aromatic carbocycles. The molecular weight excluding hydrogens is 450 g/mol. The van der Waals surface area contributed by atoms with Gasteiger partial charge in [0.1, 0.15) is 16.5 Å². The van der Waals surface area contributed by atoms with Crippen LogP contribution in [0, 0.1) is 0 Å². The lowest BCUT2D eigenvalue weighted by atomic mass is 9.91. The van der Waals surface area contributed by atoms with Gasteiger partial charge in [-0.25, -0.2) is 9.97 Å². The molecule has 0 bridgehead atoms. The van der Waals surface area contributed by atoms with Crippen molar-refractivity contribution in [3.05, 3.63) is 58.9 Å². The smallest absolute Gasteiger partial charge is 0.270 e. The van der Waals surface area contributed by atoms with E-state index in [1.165, 1.54) is 11.3 Å². The van der Waals surface area contributed by atoms with Crippen molar-refractivity contribution >= 4 is 51.0 Å². The van der Waals surface area contributed by atoms with Crippen LogP contribution in [-0.4, -0.2) is 42.1 Å². The standard InChI is InChI=1S/C25H27N5OS2/c1-30(2)21-14-23(28-19-7-4-3-6-18(19)21)26-16-9-11-17(12-10-16)27-24(31)20-15-33-25(29-20)22-8-5-13-32-22/h3-8,13-17H,9-12H2,1-2H3,(H,26,28)(H,27,31). The molecule has 6 nitrogen and oxygen atoms in total. The third-order valence-corrected chi connectivity index (χ3v) is 7.94. The summed E-state index contributed by atoms with van der Waals surface area (Å²) in [5.41, 5.74) is 2.67. The molecule has 1 aliphatic carbocycles. The van der Waals surface area contributed by atoms with E-state index in [1.807, 2.05) is 35.0 Å². The molecule has 0 saturated heterocycles. The molecule has 5 rings (SSSR count). The van der Waals surface area contributed by atoms with E-state index in [9.17, 15) is 4.79 Å². The first kappa shape index (κ1) is 21.9. The number of benzene rings is 1. The third-order valence-electron chi connectivity index (χ3n) is 6.06. The van der Waals surface area contributed by atoms with Crippen molar-refractivity contribution in [2.45, 2.75) is 37.8 Å². The Bertz CT molecular complexity index is 1240. The summed E-state index contributed by atoms with van der Waals surface area (Å²) in [7, 11) is 4.12. The van der Waals surface area contributed by atoms with Crippen LogP contribution < -0.4 is 15.5 Å². The number of thiophene rings is 1. The maximum Gasteiger partial charge on any atom is 0.270 e. The van der Waals surface area contributed by atoms with Crippen LogP contribution in [0.2, 0.25) is 0 Å². The highest BCUT2D eigenvalue weighted by molar-refractivity contribution is 7.20. The highest BCUT2D eigenvalue weighted by Gasteiger charge is 2.24. The minimum absolute atomic E-state index is 0.0720. The highest BCUT2D eigenvalue weighted by atomic mass is 32.1. The number of aromatic nitrogens is 2. The quantitative estimate of drug-likeness (QED) is 0.376. The van der Waals surface area contributed by atoms with Gasteiger partial charge in [-0.2, -0.15) is 0 Å². The zero-order valence-corrected chi connectivity index (χ0v) is 20.4. The zero-order valence-electron chi connectivity index (χ0n) is 18.7. The van der Waals surface area contributed by atoms with Gasteiger partial charge < -0.3 is 15.5 Å². The van der Waals surface area contributed by atoms with Crippen LogP contribution in [-0.2, 0) is 0 Å². The van der Waals surface area contributed by atoms with E-state index >= 15 is 0 Å². The van der Waals surface area contributed by atoms with Gasteiger partial charge in [-0.15, -0.1) is 22.7 Å². The number of carbonyl (C=O) groups excluding carboxylic acids is 1. The van der Waals surface area contributed by atoms with E-state index in [0.29, 0.717) is 11.7 Å². The molecule has 0 radical (unpaired) electrons. The summed E-state index contributed by atoms with van der Waals surface area (Å²) >= 11 is 3.16. The first-order valence-corrected chi connectivity index (χ1v) is 13.0. The largest absolute Gasteiger partial charge is 0.377 e. The number of thiazole rings is 1. The molecule has 3 aromatic heterocycles. The molecule has 1 saturated carbocycles. The van der Waals surface area contributed by atoms with Crippen LogP contribution in [0.4, 0.5) is 11.5 Å². The van der Waals surface area contributed by atoms with Gasteiger partial charge in [0.25, 0.3) is 5.91 Å². The van der Waals surface area contributed by atoms with Gasteiger partial charge in [-0.3, -0.25) is 4.79 Å². The van der Waals surface area contributed by atoms with Gasteiger partial charge in [0.15, 0.2) is 0 Å². The van der Waals surface area contributed by atoms with E-state index in [-0.39, 0.29) is 11.9 Å². The van der Waals surface area contributed by atoms with E-state index in [1.54, 1.807) is 11.3 Å². The summed E-state index contributed by atoms with van der Waals surface area (Å²) in [4.78, 5) is 25.3. The molecule has 33 heavy (non-hydrogen) atoms. The maximum atomic E-state index is 12.7. The van der Waals surface area contributed by atoms with Gasteiger partial charge >= 0.3 is 0 Å². The molecule has 0 unspecified atom stereocenters. The maximum absolute atomic E-state index is 12.7. The average molecular weight is 478 g/mol. The molecular formula is C25H27N5OS2. The van der Waals surface area contributed by atoms with Crippen molar-refractivity contribution in [2.75, 3.05) is 24.3 Å². The summed E-state index contributed by atoms with van der Waals surface area (Å²) in [5.74, 6) is 0.839. The van der Waals surface area contributed by atoms with Gasteiger partial charge in [0, 0.05) is 48.7 Å². The molecule has 2 N–H and O–H groups in total. The summed E-state index contributed by atoms with van der Waals surface area (Å²) in [5, 5.41) is 12.8. The number of pyridine rings is 1. The van der Waals surface area contributed by atoms with Gasteiger partial charge in [0.2, 0.25) is 0 Å². The van der Waals surface area contributed by atoms with Crippen molar-refractivity contribution in [2.24, 2.45) is 0 Å². The number of nitrogens with zero attached hydrogens (tertiary/aromatic N) is 3. The fourth-order valence-electron chi connectivity index (χ4n) is 4.34. The summed E-state index contributed by atoms with van der Waals surface area (Å²) in [6.07, 6.45) is 3.88. The van der Waals surface area contributed by atoms with Crippen LogP contribution in [0.3, 0.4) is 0 Å². The summed E-state index contributed by atoms with van der Waals surface area (Å²) < 4.78 is 0. The number of hydrogen-bond donors (Lipinski definition) is 2. The molecule has 0 atom stereocenters. The topological polar surface area (TPSA) is 70.2 Å². The molecule has 1 fully saturated rings. The van der Waals surface area contributed by atoms with Gasteiger partial charge in [0.05, 0.1) is 10.4 Å². The number of fused-ring (bicyclic) bond motifs is 1. The first-order chi connectivity index (χ1) is 16.1. The lowest BCUT2D eigenvalue weighted by Gasteiger charge is -2.30. The fraction of sp³-hybridized carbons (Fsp3) is 0.320. The SMILES string of the molecule is CN(C)c1cc(NC2CCC(NC(=O)c3csc(-c4cccs4)n3)CC2)nc2ccccc12. The van der Waals surface area contributed by atoms with Crippen molar-refractivity contribution in [1.82, 2.24) is 15.3 Å². The molecule has 1 amide bonds. The van der Waals surface area contributed by atoms with Crippen LogP contribution in [0.5, 0.6) is 0 Å². The molecule has 0 spiro atoms. The van der Waals surface area contributed by atoms with Crippen LogP contribution in [0.25, 0.3) is 20.8 Å². The van der Waals surface area contributed by atoms with Crippen molar-refractivity contribution in [3.8, 4) is 9.88 Å². The molecule has 170 valence electrons. The van der Waals surface area contributed by atoms with Gasteiger partial charge in [-0.1, -0.05) is 24.3 Å². The number of hydrogen-bond acceptors (Lipinski definition) is 7. The first-order valence-electron chi connectivity index (χ1n) is 11.2. The Morgan fingerprint density at radius 2 is 1.79 bits per heavy atom. The number of rotatable bonds is 6. The zero-order chi connectivity index (χ0) is 22.8. The summed E-state index contributed by atoms with van der Waals surface area (Å²) in [6, 6.07) is 14.9. The van der Waals surface area contributed by atoms with Crippen LogP contribution >= 0.6 is 22.7 Å². The average Bonchev–Trinajstić information content (AvgIpc) is 3.52. The van der Waals surface area contributed by atoms with Crippen molar-refractivity contribution in [1.29, 1.82) is 0 Å².